The minimum atomic E-state index is 0.301. The summed E-state index contributed by atoms with van der Waals surface area (Å²) < 4.78 is 2.31. The number of halogens is 1. The lowest BCUT2D eigenvalue weighted by atomic mass is 10.1. The van der Waals surface area contributed by atoms with Crippen LogP contribution in [0.1, 0.15) is 0 Å². The predicted molar refractivity (Wildman–Crippen MR) is 123 cm³/mol. The van der Waals surface area contributed by atoms with Crippen LogP contribution < -0.4 is 0 Å². The van der Waals surface area contributed by atoms with Crippen molar-refractivity contribution in [2.24, 2.45) is 0 Å². The van der Waals surface area contributed by atoms with Crippen molar-refractivity contribution in [1.82, 2.24) is 9.97 Å². The van der Waals surface area contributed by atoms with Gasteiger partial charge < -0.3 is 0 Å². The fraction of sp³-hybridized carbons (Fsp3) is 0.0909. The van der Waals surface area contributed by atoms with E-state index in [2.05, 4.69) is 70.7 Å². The Morgan fingerprint density at radius 2 is 1.68 bits per heavy atom. The molecule has 3 heterocycles. The summed E-state index contributed by atoms with van der Waals surface area (Å²) in [5, 5.41) is 2.37. The maximum Gasteiger partial charge on any atom is 0.223 e. The normalized spacial score (nSPS) is 20.5. The lowest BCUT2D eigenvalue weighted by molar-refractivity contribution is 1.04. The fourth-order valence-corrected chi connectivity index (χ4v) is 7.87. The molecule has 2 nitrogen and oxygen atoms in total. The van der Waals surface area contributed by atoms with Gasteiger partial charge >= 0.3 is 0 Å². The summed E-state index contributed by atoms with van der Waals surface area (Å²) >= 11 is 12.0. The molecule has 0 saturated carbocycles. The van der Waals surface area contributed by atoms with Gasteiger partial charge in [0.05, 0.1) is 15.9 Å². The fourth-order valence-electron chi connectivity index (χ4n) is 3.72. The molecule has 0 amide bonds. The zero-order valence-corrected chi connectivity index (χ0v) is 17.7. The molecule has 0 N–H and O–H groups in total. The quantitative estimate of drug-likeness (QED) is 0.294. The van der Waals surface area contributed by atoms with E-state index in [0.29, 0.717) is 15.8 Å². The number of benzene rings is 2. The minimum Gasteiger partial charge on any atom is -0.216 e. The average molecular weight is 437 g/mol. The van der Waals surface area contributed by atoms with Gasteiger partial charge in [0.25, 0.3) is 0 Å². The molecule has 28 heavy (non-hydrogen) atoms. The molecule has 0 bridgehead atoms. The van der Waals surface area contributed by atoms with Gasteiger partial charge in [0.1, 0.15) is 0 Å². The average Bonchev–Trinajstić information content (AvgIpc) is 3.10. The second-order valence-electron chi connectivity index (χ2n) is 6.68. The van der Waals surface area contributed by atoms with Crippen molar-refractivity contribution >= 4 is 66.8 Å². The lowest BCUT2D eigenvalue weighted by Gasteiger charge is -2.30. The van der Waals surface area contributed by atoms with E-state index < -0.39 is 0 Å². The number of thioether (sulfide) groups is 2. The number of hydrogen-bond acceptors (Lipinski definition) is 5. The maximum absolute atomic E-state index is 6.37. The first-order chi connectivity index (χ1) is 13.8. The molecular weight excluding hydrogens is 424 g/mol. The van der Waals surface area contributed by atoms with E-state index in [1.807, 2.05) is 29.6 Å². The van der Waals surface area contributed by atoms with E-state index in [9.17, 15) is 0 Å². The highest BCUT2D eigenvalue weighted by Gasteiger charge is 2.30. The van der Waals surface area contributed by atoms with Crippen LogP contribution in [0, 0.1) is 0 Å². The molecule has 6 heteroatoms. The number of hydrogen-bond donors (Lipinski definition) is 0. The van der Waals surface area contributed by atoms with Crippen LogP contribution in [0.3, 0.4) is 0 Å². The molecule has 0 radical (unpaired) electrons. The zero-order valence-electron chi connectivity index (χ0n) is 14.5. The molecular formula is C22H13ClN2S3. The van der Waals surface area contributed by atoms with Crippen molar-refractivity contribution in [2.75, 3.05) is 0 Å². The second-order valence-corrected chi connectivity index (χ2v) is 10.5. The highest BCUT2D eigenvalue weighted by Crippen LogP contribution is 2.51. The van der Waals surface area contributed by atoms with Gasteiger partial charge in [0.2, 0.25) is 5.28 Å². The van der Waals surface area contributed by atoms with Gasteiger partial charge in [-0.1, -0.05) is 54.6 Å². The maximum atomic E-state index is 6.37. The van der Waals surface area contributed by atoms with Gasteiger partial charge in [-0.05, 0) is 23.7 Å². The molecule has 2 aromatic heterocycles. The molecule has 0 saturated heterocycles. The van der Waals surface area contributed by atoms with E-state index in [1.54, 1.807) is 11.3 Å². The van der Waals surface area contributed by atoms with Gasteiger partial charge in [0, 0.05) is 35.9 Å². The summed E-state index contributed by atoms with van der Waals surface area (Å²) in [4.78, 5) is 11.9. The highest BCUT2D eigenvalue weighted by molar-refractivity contribution is 8.06. The Morgan fingerprint density at radius 1 is 0.857 bits per heavy atom. The summed E-state index contributed by atoms with van der Waals surface area (Å²) in [6.45, 7) is 0. The van der Waals surface area contributed by atoms with Crippen molar-refractivity contribution in [2.45, 2.75) is 20.3 Å². The van der Waals surface area contributed by atoms with Crippen LogP contribution in [-0.2, 0) is 0 Å². The van der Waals surface area contributed by atoms with Crippen molar-refractivity contribution in [1.29, 1.82) is 0 Å². The molecule has 0 fully saturated rings. The van der Waals surface area contributed by atoms with E-state index in [1.165, 1.54) is 14.5 Å². The van der Waals surface area contributed by atoms with Gasteiger partial charge in [-0.3, -0.25) is 0 Å². The molecule has 6 rings (SSSR count). The number of allylic oxidation sites excluding steroid dienone is 2. The first-order valence-electron chi connectivity index (χ1n) is 8.94. The Labute approximate surface area is 179 Å². The second kappa shape index (κ2) is 6.63. The molecule has 1 aliphatic carbocycles. The monoisotopic (exact) mass is 436 g/mol. The van der Waals surface area contributed by atoms with Gasteiger partial charge in [0.15, 0.2) is 0 Å². The lowest BCUT2D eigenvalue weighted by Crippen LogP contribution is -2.20. The third kappa shape index (κ3) is 2.65. The van der Waals surface area contributed by atoms with Gasteiger partial charge in [-0.25, -0.2) is 9.97 Å². The number of nitrogens with zero attached hydrogens (tertiary/aromatic N) is 2. The Morgan fingerprint density at radius 3 is 2.57 bits per heavy atom. The minimum absolute atomic E-state index is 0.301. The largest absolute Gasteiger partial charge is 0.223 e. The van der Waals surface area contributed by atoms with Crippen LogP contribution in [0.5, 0.6) is 0 Å². The molecule has 2 atom stereocenters. The zero-order chi connectivity index (χ0) is 18.7. The highest BCUT2D eigenvalue weighted by atomic mass is 35.5. The van der Waals surface area contributed by atoms with Crippen molar-refractivity contribution in [3.05, 3.63) is 72.1 Å². The summed E-state index contributed by atoms with van der Waals surface area (Å²) in [6.07, 6.45) is 8.89. The molecule has 2 aromatic carbocycles. The van der Waals surface area contributed by atoms with Crippen molar-refractivity contribution < 1.29 is 0 Å². The Kier molecular flexibility index (Phi) is 4.05. The first kappa shape index (κ1) is 17.1. The Balaban J connectivity index is 1.61. The Bertz CT molecular complexity index is 1310. The molecule has 4 aromatic rings. The van der Waals surface area contributed by atoms with E-state index in [4.69, 9.17) is 11.6 Å². The third-order valence-corrected chi connectivity index (χ3v) is 9.33. The SMILES string of the molecule is Clc1nc(-c2cccc3c2SC2C=CC=CC2S3)c2sc3ccccc3c2n1. The van der Waals surface area contributed by atoms with Crippen LogP contribution >= 0.6 is 46.5 Å². The summed E-state index contributed by atoms with van der Waals surface area (Å²) in [6, 6.07) is 14.8. The number of aromatic nitrogens is 2. The molecule has 136 valence electrons. The van der Waals surface area contributed by atoms with Crippen molar-refractivity contribution in [3.8, 4) is 11.3 Å². The topological polar surface area (TPSA) is 25.8 Å². The summed E-state index contributed by atoms with van der Waals surface area (Å²) in [5.41, 5.74) is 3.03. The van der Waals surface area contributed by atoms with Crippen LogP contribution in [0.2, 0.25) is 5.28 Å². The predicted octanol–water partition coefficient (Wildman–Crippen LogP) is 7.23. The third-order valence-electron chi connectivity index (χ3n) is 4.98. The molecule has 1 aliphatic heterocycles. The van der Waals surface area contributed by atoms with E-state index in [-0.39, 0.29) is 0 Å². The first-order valence-corrected chi connectivity index (χ1v) is 11.9. The van der Waals surface area contributed by atoms with Crippen LogP contribution in [-0.4, -0.2) is 20.5 Å². The van der Waals surface area contributed by atoms with E-state index >= 15 is 0 Å². The van der Waals surface area contributed by atoms with Crippen LogP contribution in [0.25, 0.3) is 31.6 Å². The number of thiophene rings is 1. The van der Waals surface area contributed by atoms with E-state index in [0.717, 1.165) is 26.9 Å². The van der Waals surface area contributed by atoms with Crippen LogP contribution in [0.4, 0.5) is 0 Å². The molecule has 0 spiro atoms. The van der Waals surface area contributed by atoms with Crippen LogP contribution in [0.15, 0.2) is 76.6 Å². The summed E-state index contributed by atoms with van der Waals surface area (Å²) in [5.74, 6) is 0. The summed E-state index contributed by atoms with van der Waals surface area (Å²) in [7, 11) is 0. The number of rotatable bonds is 1. The van der Waals surface area contributed by atoms with Gasteiger partial charge in [-0.2, -0.15) is 0 Å². The standard InChI is InChI=1S/C22H13ClN2S3/c23-22-24-18-12-6-1-2-8-14(12)27-21(18)19(25-22)13-7-5-11-17-20(13)28-16-10-4-3-9-15(16)26-17/h1-11,15-16H. The Hall–Kier alpha value is -1.79. The molecule has 2 aliphatic rings. The molecule has 2 unspecified atom stereocenters. The smallest absolute Gasteiger partial charge is 0.216 e. The number of fused-ring (bicyclic) bond motifs is 5. The van der Waals surface area contributed by atoms with Gasteiger partial charge in [-0.15, -0.1) is 34.9 Å². The van der Waals surface area contributed by atoms with Crippen molar-refractivity contribution in [3.63, 3.8) is 0 Å².